The fourth-order valence-corrected chi connectivity index (χ4v) is 7.04. The Morgan fingerprint density at radius 3 is 1.48 bits per heavy atom. The van der Waals surface area contributed by atoms with Crippen LogP contribution in [0.3, 0.4) is 0 Å². The number of rotatable bonds is 10. The number of hydrogen-bond acceptors (Lipinski definition) is 5. The molecule has 0 aliphatic heterocycles. The molecule has 2 aliphatic carbocycles. The van der Waals surface area contributed by atoms with Gasteiger partial charge in [-0.3, -0.25) is 9.13 Å². The summed E-state index contributed by atoms with van der Waals surface area (Å²) in [4.78, 5) is 23.5. The van der Waals surface area contributed by atoms with Gasteiger partial charge in [0.05, 0.1) is 0 Å². The minimum Gasteiger partial charge on any atom is -0.407 e. The molecule has 0 spiro atoms. The maximum atomic E-state index is 13.9. The van der Waals surface area contributed by atoms with Gasteiger partial charge in [-0.1, -0.05) is 50.2 Å². The Hall–Kier alpha value is -3.87. The highest BCUT2D eigenvalue weighted by Crippen LogP contribution is 2.49. The highest BCUT2D eigenvalue weighted by Gasteiger charge is 2.52. The van der Waals surface area contributed by atoms with Crippen molar-refractivity contribution >= 4 is 6.16 Å². The lowest BCUT2D eigenvalue weighted by Crippen LogP contribution is -2.44. The van der Waals surface area contributed by atoms with Crippen molar-refractivity contribution in [2.24, 2.45) is 11.8 Å². The lowest BCUT2D eigenvalue weighted by atomic mass is 9.92. The van der Waals surface area contributed by atoms with Crippen molar-refractivity contribution in [2.75, 3.05) is 0 Å². The van der Waals surface area contributed by atoms with E-state index in [9.17, 15) is 4.79 Å². The molecule has 2 heterocycles. The average Bonchev–Trinajstić information content (AvgIpc) is 3.92. The van der Waals surface area contributed by atoms with Gasteiger partial charge in [0.1, 0.15) is 11.6 Å². The number of ether oxygens (including phenoxy) is 2. The maximum absolute atomic E-state index is 13.9. The van der Waals surface area contributed by atoms with Crippen LogP contribution in [0.1, 0.15) is 110 Å². The van der Waals surface area contributed by atoms with Gasteiger partial charge in [0.2, 0.25) is 0 Å². The summed E-state index contributed by atoms with van der Waals surface area (Å²) in [5.41, 5.74) is 5.65. The molecule has 7 heteroatoms. The zero-order valence-corrected chi connectivity index (χ0v) is 27.4. The molecule has 6 rings (SSSR count). The first-order valence-electron chi connectivity index (χ1n) is 16.1. The Bertz CT molecular complexity index is 1560. The molecule has 7 nitrogen and oxygen atoms in total. The van der Waals surface area contributed by atoms with E-state index in [0.29, 0.717) is 0 Å². The van der Waals surface area contributed by atoms with E-state index in [1.54, 1.807) is 0 Å². The first kappa shape index (κ1) is 30.2. The van der Waals surface area contributed by atoms with Crippen LogP contribution in [0.2, 0.25) is 0 Å². The third kappa shape index (κ3) is 5.24. The maximum Gasteiger partial charge on any atom is 0.512 e. The van der Waals surface area contributed by atoms with Crippen LogP contribution in [0.25, 0.3) is 0 Å². The van der Waals surface area contributed by atoms with E-state index in [1.165, 1.54) is 33.4 Å². The minimum atomic E-state index is -0.914. The molecule has 0 bridgehead atoms. The van der Waals surface area contributed by atoms with Crippen LogP contribution in [0, 0.1) is 39.5 Å². The summed E-state index contributed by atoms with van der Waals surface area (Å²) >= 11 is 0. The lowest BCUT2D eigenvalue weighted by molar-refractivity contribution is -0.141. The second-order valence-electron chi connectivity index (χ2n) is 13.4. The average molecular weight is 595 g/mol. The SMILES string of the molecule is Cc1cccc(C(C)c2nccn2C(C)(OC(=O)OC(C)(C2CC2)n2ccnc2C(C)c2cccc(C)c2C)C2CC2)c1C. The van der Waals surface area contributed by atoms with E-state index in [2.05, 4.69) is 87.1 Å². The third-order valence-electron chi connectivity index (χ3n) is 10.5. The predicted octanol–water partition coefficient (Wildman–Crippen LogP) is 8.64. The van der Waals surface area contributed by atoms with Gasteiger partial charge in [-0.2, -0.15) is 0 Å². The molecular formula is C37H46N4O3. The summed E-state index contributed by atoms with van der Waals surface area (Å²) in [6.45, 7) is 17.0. The van der Waals surface area contributed by atoms with Gasteiger partial charge in [-0.25, -0.2) is 14.8 Å². The number of carbonyl (C=O) groups is 1. The van der Waals surface area contributed by atoms with Gasteiger partial charge in [0.25, 0.3) is 0 Å². The molecule has 232 valence electrons. The van der Waals surface area contributed by atoms with Crippen LogP contribution in [0.5, 0.6) is 0 Å². The van der Waals surface area contributed by atoms with E-state index >= 15 is 0 Å². The van der Waals surface area contributed by atoms with Crippen LogP contribution >= 0.6 is 0 Å². The normalized spacial score (nSPS) is 19.1. The molecule has 0 saturated heterocycles. The van der Waals surface area contributed by atoms with Gasteiger partial charge in [-0.05, 0) is 101 Å². The number of carbonyl (C=O) groups excluding carboxylic acids is 1. The zero-order chi connectivity index (χ0) is 31.4. The van der Waals surface area contributed by atoms with Crippen molar-refractivity contribution < 1.29 is 14.3 Å². The number of hydrogen-bond donors (Lipinski definition) is 0. The number of nitrogens with zero attached hydrogens (tertiary/aromatic N) is 4. The molecule has 4 aromatic rings. The van der Waals surface area contributed by atoms with E-state index in [0.717, 1.165) is 37.3 Å². The highest BCUT2D eigenvalue weighted by atomic mass is 16.8. The van der Waals surface area contributed by atoms with E-state index in [1.807, 2.05) is 38.6 Å². The Morgan fingerprint density at radius 2 is 1.11 bits per heavy atom. The Labute approximate surface area is 261 Å². The number of aromatic nitrogens is 4. The molecule has 44 heavy (non-hydrogen) atoms. The van der Waals surface area contributed by atoms with Crippen LogP contribution in [0.4, 0.5) is 4.79 Å². The van der Waals surface area contributed by atoms with Crippen LogP contribution in [-0.2, 0) is 20.9 Å². The number of imidazole rings is 2. The van der Waals surface area contributed by atoms with Crippen molar-refractivity contribution in [2.45, 2.75) is 104 Å². The molecule has 2 aliphatic rings. The Morgan fingerprint density at radius 1 is 0.727 bits per heavy atom. The summed E-state index contributed by atoms with van der Waals surface area (Å²) in [5, 5.41) is 0. The topological polar surface area (TPSA) is 71.2 Å². The summed E-state index contributed by atoms with van der Waals surface area (Å²) in [6.07, 6.45) is 10.8. The summed E-state index contributed by atoms with van der Waals surface area (Å²) < 4.78 is 16.9. The molecule has 4 atom stereocenters. The summed E-state index contributed by atoms with van der Waals surface area (Å²) in [5.74, 6) is 2.19. The molecule has 4 unspecified atom stereocenters. The zero-order valence-electron chi connectivity index (χ0n) is 27.4. The predicted molar refractivity (Wildman–Crippen MR) is 172 cm³/mol. The molecular weight excluding hydrogens is 548 g/mol. The number of aryl methyl sites for hydroxylation is 2. The Balaban J connectivity index is 1.29. The molecule has 0 N–H and O–H groups in total. The molecule has 0 radical (unpaired) electrons. The third-order valence-corrected chi connectivity index (χ3v) is 10.5. The van der Waals surface area contributed by atoms with Gasteiger partial charge in [0.15, 0.2) is 11.4 Å². The standard InChI is InChI=1S/C37H46N4O3/c1-23-11-9-13-31(25(23)3)27(5)33-38-19-21-40(33)36(7,29-15-16-29)43-35(42)44-37(8,30-17-18-30)41-22-20-39-34(41)28(6)32-14-10-12-24(2)26(32)4/h9-14,19-22,27-30H,15-18H2,1-8H3. The van der Waals surface area contributed by atoms with Gasteiger partial charge < -0.3 is 9.47 Å². The van der Waals surface area contributed by atoms with Crippen molar-refractivity contribution in [1.82, 2.24) is 19.1 Å². The first-order valence-corrected chi connectivity index (χ1v) is 16.1. The van der Waals surface area contributed by atoms with Crippen molar-refractivity contribution in [3.05, 3.63) is 106 Å². The van der Waals surface area contributed by atoms with E-state index in [-0.39, 0.29) is 23.7 Å². The highest BCUT2D eigenvalue weighted by molar-refractivity contribution is 5.61. The van der Waals surface area contributed by atoms with E-state index in [4.69, 9.17) is 19.4 Å². The quantitative estimate of drug-likeness (QED) is 0.172. The largest absolute Gasteiger partial charge is 0.512 e. The number of benzene rings is 2. The van der Waals surface area contributed by atoms with Crippen LogP contribution in [0.15, 0.2) is 61.2 Å². The lowest BCUT2D eigenvalue weighted by Gasteiger charge is -2.37. The smallest absolute Gasteiger partial charge is 0.407 e. The second kappa shape index (κ2) is 11.2. The van der Waals surface area contributed by atoms with Crippen molar-refractivity contribution in [3.8, 4) is 0 Å². The molecule has 2 aromatic heterocycles. The van der Waals surface area contributed by atoms with E-state index < -0.39 is 17.6 Å². The van der Waals surface area contributed by atoms with Gasteiger partial charge in [-0.15, -0.1) is 0 Å². The van der Waals surface area contributed by atoms with Gasteiger partial charge >= 0.3 is 6.16 Å². The fraction of sp³-hybridized carbons (Fsp3) is 0.486. The van der Waals surface area contributed by atoms with Crippen LogP contribution in [-0.4, -0.2) is 25.3 Å². The van der Waals surface area contributed by atoms with Crippen molar-refractivity contribution in [3.63, 3.8) is 0 Å². The molecule has 2 saturated carbocycles. The summed E-state index contributed by atoms with van der Waals surface area (Å²) in [7, 11) is 0. The monoisotopic (exact) mass is 594 g/mol. The Kier molecular flexibility index (Phi) is 7.71. The van der Waals surface area contributed by atoms with Gasteiger partial charge in [0, 0.05) is 48.5 Å². The fourth-order valence-electron chi connectivity index (χ4n) is 7.04. The minimum absolute atomic E-state index is 0.0272. The van der Waals surface area contributed by atoms with Crippen molar-refractivity contribution in [1.29, 1.82) is 0 Å². The van der Waals surface area contributed by atoms with Crippen LogP contribution < -0.4 is 0 Å². The molecule has 2 fully saturated rings. The second-order valence-corrected chi connectivity index (χ2v) is 13.4. The summed E-state index contributed by atoms with van der Waals surface area (Å²) in [6, 6.07) is 12.8. The first-order chi connectivity index (χ1) is 21.0. The molecule has 2 aromatic carbocycles. The molecule has 0 amide bonds.